The molecular weight excluding hydrogens is 412 g/mol. The maximum absolute atomic E-state index is 11.9. The van der Waals surface area contributed by atoms with Crippen LogP contribution in [-0.4, -0.2) is 18.5 Å². The quantitative estimate of drug-likeness (QED) is 0.105. The molecule has 33 heavy (non-hydrogen) atoms. The van der Waals surface area contributed by atoms with Gasteiger partial charge in [0.25, 0.3) is 0 Å². The number of unbranched alkanes of at least 4 members (excludes halogenated alkanes) is 14. The lowest BCUT2D eigenvalue weighted by Crippen LogP contribution is -2.11. The average Bonchev–Trinajstić information content (AvgIpc) is 2.80. The van der Waals surface area contributed by atoms with Crippen LogP contribution in [0.25, 0.3) is 0 Å². The molecule has 0 unspecified atom stereocenters. The molecule has 4 heteroatoms. The molecule has 0 saturated carbocycles. The van der Waals surface area contributed by atoms with Gasteiger partial charge in [-0.15, -0.1) is 0 Å². The van der Waals surface area contributed by atoms with Gasteiger partial charge in [-0.1, -0.05) is 115 Å². The van der Waals surface area contributed by atoms with E-state index in [2.05, 4.69) is 6.92 Å². The Labute approximate surface area is 202 Å². The summed E-state index contributed by atoms with van der Waals surface area (Å²) in [5.74, 6) is 0.0572. The molecule has 0 saturated heterocycles. The first-order valence-electron chi connectivity index (χ1n) is 13.6. The lowest BCUT2D eigenvalue weighted by atomic mass is 10.0. The Bertz CT molecular complexity index is 626. The number of hydrogen-bond donors (Lipinski definition) is 0. The molecule has 0 bridgehead atoms. The van der Waals surface area contributed by atoms with Gasteiger partial charge in [0.05, 0.1) is 6.61 Å². The largest absolute Gasteiger partial charge is 0.466 e. The van der Waals surface area contributed by atoms with Crippen molar-refractivity contribution >= 4 is 11.9 Å². The topological polar surface area (TPSA) is 52.6 Å². The summed E-state index contributed by atoms with van der Waals surface area (Å²) in [6, 6.07) is 7.42. The zero-order chi connectivity index (χ0) is 24.0. The third-order valence-corrected chi connectivity index (χ3v) is 6.09. The zero-order valence-electron chi connectivity index (χ0n) is 21.4. The average molecular weight is 461 g/mol. The highest BCUT2D eigenvalue weighted by Crippen LogP contribution is 2.17. The van der Waals surface area contributed by atoms with Crippen LogP contribution in [-0.2, 0) is 14.3 Å². The van der Waals surface area contributed by atoms with Crippen LogP contribution in [0, 0.1) is 6.92 Å². The molecule has 1 rings (SSSR count). The standard InChI is InChI=1S/C29H48O4/c1-3-4-5-6-7-8-9-10-11-12-13-14-15-16-19-25-32-28(30)23-20-24-29(31)33-27-22-18-17-21-26(27)2/h17-18,21-22H,3-16,19-20,23-25H2,1-2H3. The summed E-state index contributed by atoms with van der Waals surface area (Å²) in [5.41, 5.74) is 0.925. The molecule has 0 aliphatic carbocycles. The van der Waals surface area contributed by atoms with Crippen molar-refractivity contribution in [1.82, 2.24) is 0 Å². The molecule has 0 fully saturated rings. The van der Waals surface area contributed by atoms with E-state index in [0.29, 0.717) is 18.8 Å². The van der Waals surface area contributed by atoms with E-state index < -0.39 is 0 Å². The second-order valence-corrected chi connectivity index (χ2v) is 9.26. The third-order valence-electron chi connectivity index (χ3n) is 6.09. The minimum absolute atomic E-state index is 0.218. The summed E-state index contributed by atoms with van der Waals surface area (Å²) < 4.78 is 10.6. The van der Waals surface area contributed by atoms with Crippen molar-refractivity contribution in [3.8, 4) is 5.75 Å². The van der Waals surface area contributed by atoms with Gasteiger partial charge in [-0.05, 0) is 31.4 Å². The molecule has 0 atom stereocenters. The van der Waals surface area contributed by atoms with E-state index in [-0.39, 0.29) is 24.8 Å². The first-order valence-corrected chi connectivity index (χ1v) is 13.6. The SMILES string of the molecule is CCCCCCCCCCCCCCCCCOC(=O)CCCC(=O)Oc1ccccc1C. The van der Waals surface area contributed by atoms with Gasteiger partial charge in [-0.3, -0.25) is 9.59 Å². The van der Waals surface area contributed by atoms with Crippen molar-refractivity contribution in [2.45, 2.75) is 129 Å². The zero-order valence-corrected chi connectivity index (χ0v) is 21.4. The fraction of sp³-hybridized carbons (Fsp3) is 0.724. The molecular formula is C29H48O4. The smallest absolute Gasteiger partial charge is 0.311 e. The first-order chi connectivity index (χ1) is 16.1. The minimum atomic E-state index is -0.306. The van der Waals surface area contributed by atoms with Crippen LogP contribution in [0.2, 0.25) is 0 Å². The summed E-state index contributed by atoms with van der Waals surface area (Å²) in [4.78, 5) is 23.7. The summed E-state index contributed by atoms with van der Waals surface area (Å²) in [5, 5.41) is 0. The molecule has 0 N–H and O–H groups in total. The Hall–Kier alpha value is -1.84. The lowest BCUT2D eigenvalue weighted by Gasteiger charge is -2.07. The predicted octanol–water partition coefficient (Wildman–Crippen LogP) is 8.49. The van der Waals surface area contributed by atoms with Gasteiger partial charge in [0.15, 0.2) is 0 Å². The van der Waals surface area contributed by atoms with Crippen LogP contribution in [0.15, 0.2) is 24.3 Å². The lowest BCUT2D eigenvalue weighted by molar-refractivity contribution is -0.144. The number of carbonyl (C=O) groups is 2. The Balaban J connectivity index is 1.83. The van der Waals surface area contributed by atoms with E-state index in [1.807, 2.05) is 25.1 Å². The monoisotopic (exact) mass is 460 g/mol. The van der Waals surface area contributed by atoms with Crippen LogP contribution in [0.5, 0.6) is 5.75 Å². The maximum Gasteiger partial charge on any atom is 0.311 e. The van der Waals surface area contributed by atoms with Crippen LogP contribution in [0.3, 0.4) is 0 Å². The van der Waals surface area contributed by atoms with Crippen molar-refractivity contribution in [2.24, 2.45) is 0 Å². The molecule has 0 spiro atoms. The highest BCUT2D eigenvalue weighted by atomic mass is 16.5. The fourth-order valence-corrected chi connectivity index (χ4v) is 3.95. The fourth-order valence-electron chi connectivity index (χ4n) is 3.95. The molecule has 4 nitrogen and oxygen atoms in total. The van der Waals surface area contributed by atoms with Gasteiger partial charge in [0.1, 0.15) is 5.75 Å². The molecule has 0 aliphatic heterocycles. The Morgan fingerprint density at radius 2 is 1.12 bits per heavy atom. The normalized spacial score (nSPS) is 10.8. The van der Waals surface area contributed by atoms with Gasteiger partial charge in [0, 0.05) is 12.8 Å². The van der Waals surface area contributed by atoms with E-state index in [4.69, 9.17) is 9.47 Å². The molecule has 0 aromatic heterocycles. The van der Waals surface area contributed by atoms with Crippen molar-refractivity contribution < 1.29 is 19.1 Å². The van der Waals surface area contributed by atoms with E-state index in [9.17, 15) is 9.59 Å². The van der Waals surface area contributed by atoms with E-state index >= 15 is 0 Å². The summed E-state index contributed by atoms with van der Waals surface area (Å²) >= 11 is 0. The minimum Gasteiger partial charge on any atom is -0.466 e. The van der Waals surface area contributed by atoms with Gasteiger partial charge in [-0.2, -0.15) is 0 Å². The number of hydrogen-bond acceptors (Lipinski definition) is 4. The van der Waals surface area contributed by atoms with Gasteiger partial charge in [0.2, 0.25) is 0 Å². The third kappa shape index (κ3) is 17.3. The Morgan fingerprint density at radius 1 is 0.636 bits per heavy atom. The van der Waals surface area contributed by atoms with Gasteiger partial charge in [-0.25, -0.2) is 0 Å². The van der Waals surface area contributed by atoms with Gasteiger partial charge < -0.3 is 9.47 Å². The molecule has 1 aromatic rings. The molecule has 1 aromatic carbocycles. The highest BCUT2D eigenvalue weighted by molar-refractivity contribution is 5.74. The molecule has 0 radical (unpaired) electrons. The summed E-state index contributed by atoms with van der Waals surface area (Å²) in [6.07, 6.45) is 20.8. The second-order valence-electron chi connectivity index (χ2n) is 9.26. The molecule has 0 aliphatic rings. The van der Waals surface area contributed by atoms with Gasteiger partial charge >= 0.3 is 11.9 Å². The maximum atomic E-state index is 11.9. The molecule has 0 heterocycles. The van der Waals surface area contributed by atoms with Crippen molar-refractivity contribution in [2.75, 3.05) is 6.61 Å². The van der Waals surface area contributed by atoms with Crippen LogP contribution >= 0.6 is 0 Å². The summed E-state index contributed by atoms with van der Waals surface area (Å²) in [6.45, 7) is 4.66. The number of rotatable bonds is 21. The van der Waals surface area contributed by atoms with E-state index in [1.165, 1.54) is 83.5 Å². The first kappa shape index (κ1) is 29.2. The van der Waals surface area contributed by atoms with Crippen LogP contribution < -0.4 is 4.74 Å². The number of aryl methyl sites for hydroxylation is 1. The number of carbonyl (C=O) groups excluding carboxylic acids is 2. The van der Waals surface area contributed by atoms with Crippen molar-refractivity contribution in [3.05, 3.63) is 29.8 Å². The second kappa shape index (κ2) is 20.7. The number of para-hydroxylation sites is 1. The van der Waals surface area contributed by atoms with Crippen molar-refractivity contribution in [3.63, 3.8) is 0 Å². The number of benzene rings is 1. The Kier molecular flexibility index (Phi) is 18.4. The van der Waals surface area contributed by atoms with Crippen LogP contribution in [0.1, 0.15) is 128 Å². The van der Waals surface area contributed by atoms with Crippen molar-refractivity contribution in [1.29, 1.82) is 0 Å². The molecule has 188 valence electrons. The predicted molar refractivity (Wildman–Crippen MR) is 137 cm³/mol. The van der Waals surface area contributed by atoms with Crippen LogP contribution in [0.4, 0.5) is 0 Å². The highest BCUT2D eigenvalue weighted by Gasteiger charge is 2.09. The van der Waals surface area contributed by atoms with E-state index in [0.717, 1.165) is 18.4 Å². The van der Waals surface area contributed by atoms with E-state index in [1.54, 1.807) is 6.07 Å². The number of esters is 2. The summed E-state index contributed by atoms with van der Waals surface area (Å²) in [7, 11) is 0. The number of ether oxygens (including phenoxy) is 2. The Morgan fingerprint density at radius 3 is 1.67 bits per heavy atom. The molecule has 0 amide bonds.